The van der Waals surface area contributed by atoms with Crippen LogP contribution in [0.15, 0.2) is 30.5 Å². The van der Waals surface area contributed by atoms with Crippen LogP contribution in [0.4, 0.5) is 10.3 Å². The van der Waals surface area contributed by atoms with E-state index in [0.717, 1.165) is 25.2 Å². The molecule has 0 spiro atoms. The lowest BCUT2D eigenvalue weighted by atomic mass is 9.96. The van der Waals surface area contributed by atoms with Gasteiger partial charge >= 0.3 is 0 Å². The maximum absolute atomic E-state index is 13.5. The Hall–Kier alpha value is -2.42. The van der Waals surface area contributed by atoms with Crippen LogP contribution >= 0.6 is 23.2 Å². The number of imidazole rings is 1. The number of ether oxygens (including phenoxy) is 1. The molecule has 1 unspecified atom stereocenters. The van der Waals surface area contributed by atoms with Gasteiger partial charge in [0.05, 0.1) is 33.9 Å². The van der Waals surface area contributed by atoms with Gasteiger partial charge in [-0.15, -0.1) is 0 Å². The van der Waals surface area contributed by atoms with Crippen LogP contribution in [0.1, 0.15) is 19.3 Å². The standard InChI is InChI=1S/C23H24Cl2FN5O2/c24-17-9-19-20(10-18(17)25)31(21-2-1-16(26)12-27-21)23(29-19)30-6-3-15(4-7-30)22(32)28-11-14-5-8-33-13-14/h1-2,9-10,12,14-15H,3-8,11,13H2,(H,28,32). The fourth-order valence-corrected chi connectivity index (χ4v) is 4.79. The lowest BCUT2D eigenvalue weighted by molar-refractivity contribution is -0.125. The van der Waals surface area contributed by atoms with Gasteiger partial charge in [0, 0.05) is 38.1 Å². The zero-order chi connectivity index (χ0) is 22.9. The highest BCUT2D eigenvalue weighted by Gasteiger charge is 2.29. The molecule has 0 radical (unpaired) electrons. The van der Waals surface area contributed by atoms with Crippen molar-refractivity contribution in [3.05, 3.63) is 46.3 Å². The van der Waals surface area contributed by atoms with E-state index in [-0.39, 0.29) is 11.8 Å². The topological polar surface area (TPSA) is 72.3 Å². The Morgan fingerprint density at radius 3 is 2.67 bits per heavy atom. The fourth-order valence-electron chi connectivity index (χ4n) is 4.47. The highest BCUT2D eigenvalue weighted by Crippen LogP contribution is 2.34. The van der Waals surface area contributed by atoms with Crippen molar-refractivity contribution in [2.24, 2.45) is 11.8 Å². The predicted molar refractivity (Wildman–Crippen MR) is 126 cm³/mol. The summed E-state index contributed by atoms with van der Waals surface area (Å²) in [6, 6.07) is 6.43. The number of hydrogen-bond donors (Lipinski definition) is 1. The van der Waals surface area contributed by atoms with E-state index in [2.05, 4.69) is 15.2 Å². The molecule has 2 aliphatic rings. The number of rotatable bonds is 5. The van der Waals surface area contributed by atoms with Gasteiger partial charge in [-0.3, -0.25) is 9.36 Å². The van der Waals surface area contributed by atoms with E-state index >= 15 is 0 Å². The Balaban J connectivity index is 1.37. The summed E-state index contributed by atoms with van der Waals surface area (Å²) >= 11 is 12.5. The Morgan fingerprint density at radius 1 is 1.18 bits per heavy atom. The second kappa shape index (κ2) is 9.44. The Labute approximate surface area is 200 Å². The molecule has 2 saturated heterocycles. The summed E-state index contributed by atoms with van der Waals surface area (Å²) in [5.41, 5.74) is 1.40. The molecule has 2 fully saturated rings. The van der Waals surface area contributed by atoms with Gasteiger partial charge in [0.1, 0.15) is 11.6 Å². The Bertz CT molecular complexity index is 1160. The Kier molecular flexibility index (Phi) is 6.40. The van der Waals surface area contributed by atoms with Crippen molar-refractivity contribution in [1.29, 1.82) is 0 Å². The second-order valence-corrected chi connectivity index (χ2v) is 9.39. The molecule has 4 heterocycles. The van der Waals surface area contributed by atoms with Gasteiger partial charge in [0.2, 0.25) is 11.9 Å². The first-order valence-corrected chi connectivity index (χ1v) is 11.8. The molecule has 2 aliphatic heterocycles. The van der Waals surface area contributed by atoms with Gasteiger partial charge in [-0.25, -0.2) is 14.4 Å². The van der Waals surface area contributed by atoms with Crippen LogP contribution in [0.5, 0.6) is 0 Å². The van der Waals surface area contributed by atoms with E-state index < -0.39 is 5.82 Å². The average molecular weight is 492 g/mol. The van der Waals surface area contributed by atoms with Crippen molar-refractivity contribution in [1.82, 2.24) is 19.9 Å². The van der Waals surface area contributed by atoms with Crippen LogP contribution in [0.2, 0.25) is 10.0 Å². The molecular formula is C23H24Cl2FN5O2. The molecule has 0 aliphatic carbocycles. The summed E-state index contributed by atoms with van der Waals surface area (Å²) in [6.45, 7) is 3.50. The van der Waals surface area contributed by atoms with Gasteiger partial charge in [0.25, 0.3) is 0 Å². The highest BCUT2D eigenvalue weighted by atomic mass is 35.5. The summed E-state index contributed by atoms with van der Waals surface area (Å²) in [6.07, 6.45) is 3.61. The summed E-state index contributed by atoms with van der Waals surface area (Å²) in [4.78, 5) is 23.8. The third-order valence-electron chi connectivity index (χ3n) is 6.36. The van der Waals surface area contributed by atoms with Gasteiger partial charge < -0.3 is 15.0 Å². The van der Waals surface area contributed by atoms with Gasteiger partial charge in [-0.2, -0.15) is 0 Å². The van der Waals surface area contributed by atoms with Crippen molar-refractivity contribution in [2.75, 3.05) is 37.7 Å². The first-order chi connectivity index (χ1) is 16.0. The molecule has 3 aromatic rings. The number of pyridine rings is 1. The van der Waals surface area contributed by atoms with Gasteiger partial charge in [0.15, 0.2) is 0 Å². The van der Waals surface area contributed by atoms with E-state index in [1.54, 1.807) is 18.2 Å². The van der Waals surface area contributed by atoms with E-state index in [4.69, 9.17) is 32.9 Å². The molecule has 0 saturated carbocycles. The molecule has 5 rings (SSSR count). The predicted octanol–water partition coefficient (Wildman–Crippen LogP) is 4.24. The number of benzene rings is 1. The monoisotopic (exact) mass is 491 g/mol. The Morgan fingerprint density at radius 2 is 1.97 bits per heavy atom. The maximum Gasteiger partial charge on any atom is 0.223 e. The summed E-state index contributed by atoms with van der Waals surface area (Å²) in [7, 11) is 0. The number of nitrogens with one attached hydrogen (secondary N) is 1. The molecule has 1 atom stereocenters. The van der Waals surface area contributed by atoms with Crippen LogP contribution in [0, 0.1) is 17.7 Å². The van der Waals surface area contributed by atoms with Crippen LogP contribution in [-0.4, -0.2) is 53.3 Å². The maximum atomic E-state index is 13.5. The lowest BCUT2D eigenvalue weighted by Gasteiger charge is -2.32. The number of anilines is 1. The van der Waals surface area contributed by atoms with Crippen LogP contribution < -0.4 is 10.2 Å². The first kappa shape index (κ1) is 22.4. The summed E-state index contributed by atoms with van der Waals surface area (Å²) < 4.78 is 20.8. The number of aromatic nitrogens is 3. The number of amides is 1. The first-order valence-electron chi connectivity index (χ1n) is 11.1. The normalized spacial score (nSPS) is 19.4. The van der Waals surface area contributed by atoms with Crippen molar-refractivity contribution in [3.63, 3.8) is 0 Å². The summed E-state index contributed by atoms with van der Waals surface area (Å²) in [5.74, 6) is 1.27. The smallest absolute Gasteiger partial charge is 0.223 e. The third kappa shape index (κ3) is 4.65. The molecule has 10 heteroatoms. The SMILES string of the molecule is O=C(NCC1CCOC1)C1CCN(c2nc3cc(Cl)c(Cl)cc3n2-c2ccc(F)cn2)CC1. The lowest BCUT2D eigenvalue weighted by Crippen LogP contribution is -2.42. The third-order valence-corrected chi connectivity index (χ3v) is 7.08. The van der Waals surface area contributed by atoms with Gasteiger partial charge in [-0.1, -0.05) is 23.2 Å². The molecule has 1 amide bonds. The molecule has 0 bridgehead atoms. The van der Waals surface area contributed by atoms with E-state index in [9.17, 15) is 9.18 Å². The van der Waals surface area contributed by atoms with Crippen molar-refractivity contribution >= 4 is 46.1 Å². The molecule has 1 aromatic carbocycles. The minimum absolute atomic E-state index is 0.0331. The zero-order valence-electron chi connectivity index (χ0n) is 17.9. The van der Waals surface area contributed by atoms with E-state index in [1.807, 2.05) is 4.57 Å². The van der Waals surface area contributed by atoms with Crippen molar-refractivity contribution < 1.29 is 13.9 Å². The van der Waals surface area contributed by atoms with Crippen LogP contribution in [0.25, 0.3) is 16.9 Å². The number of nitrogens with zero attached hydrogens (tertiary/aromatic N) is 4. The van der Waals surface area contributed by atoms with E-state index in [1.165, 1.54) is 12.3 Å². The van der Waals surface area contributed by atoms with Crippen LogP contribution in [0.3, 0.4) is 0 Å². The highest BCUT2D eigenvalue weighted by molar-refractivity contribution is 6.42. The number of carbonyl (C=O) groups excluding carboxylic acids is 1. The minimum Gasteiger partial charge on any atom is -0.381 e. The number of fused-ring (bicyclic) bond motifs is 1. The zero-order valence-corrected chi connectivity index (χ0v) is 19.4. The fraction of sp³-hybridized carbons (Fsp3) is 0.435. The molecule has 2 aromatic heterocycles. The minimum atomic E-state index is -0.415. The molecule has 174 valence electrons. The summed E-state index contributed by atoms with van der Waals surface area (Å²) in [5, 5.41) is 3.91. The average Bonchev–Trinajstić information content (AvgIpc) is 3.47. The number of piperidine rings is 1. The number of halogens is 3. The van der Waals surface area contributed by atoms with Gasteiger partial charge in [-0.05, 0) is 43.5 Å². The number of carbonyl (C=O) groups is 1. The largest absolute Gasteiger partial charge is 0.381 e. The quantitative estimate of drug-likeness (QED) is 0.577. The molecular weight excluding hydrogens is 468 g/mol. The van der Waals surface area contributed by atoms with Crippen LogP contribution in [-0.2, 0) is 9.53 Å². The molecule has 33 heavy (non-hydrogen) atoms. The van der Waals surface area contributed by atoms with E-state index in [0.29, 0.717) is 65.7 Å². The molecule has 1 N–H and O–H groups in total. The molecule has 7 nitrogen and oxygen atoms in total. The van der Waals surface area contributed by atoms with Crippen molar-refractivity contribution in [2.45, 2.75) is 19.3 Å². The second-order valence-electron chi connectivity index (χ2n) is 8.57. The number of hydrogen-bond acceptors (Lipinski definition) is 5. The van der Waals surface area contributed by atoms with Crippen molar-refractivity contribution in [3.8, 4) is 5.82 Å².